The molecule has 2 aliphatic carbocycles. The minimum Gasteiger partial charge on any atom is -0.776 e. The molecule has 3 aliphatic rings. The van der Waals surface area contributed by atoms with Crippen LogP contribution in [0.3, 0.4) is 0 Å². The average molecular weight is 261 g/mol. The molecule has 0 amide bonds. The van der Waals surface area contributed by atoms with Crippen LogP contribution in [0.2, 0.25) is 0 Å². The van der Waals surface area contributed by atoms with Crippen molar-refractivity contribution in [2.75, 3.05) is 0 Å². The highest BCUT2D eigenvalue weighted by atomic mass is 31.2. The van der Waals surface area contributed by atoms with Crippen LogP contribution in [0.1, 0.15) is 38.5 Å². The zero-order valence-electron chi connectivity index (χ0n) is 9.97. The van der Waals surface area contributed by atoms with E-state index in [2.05, 4.69) is 10.2 Å². The van der Waals surface area contributed by atoms with E-state index in [1.807, 2.05) is 0 Å². The average Bonchev–Trinajstić information content (AvgIpc) is 2.84. The molecule has 0 aromatic rings. The topological polar surface area (TPSA) is 116 Å². The molecular formula is C10H22N4O2P-. The number of fused-ring (bicyclic) bond motifs is 1. The molecule has 3 rings (SSSR count). The number of nitrogens with one attached hydrogen (secondary N) is 2. The fraction of sp³-hybridized carbons (Fsp3) is 1.00. The van der Waals surface area contributed by atoms with Crippen molar-refractivity contribution < 1.29 is 9.46 Å². The van der Waals surface area contributed by atoms with Gasteiger partial charge in [0.25, 0.3) is 0 Å². The Morgan fingerprint density at radius 2 is 1.35 bits per heavy atom. The summed E-state index contributed by atoms with van der Waals surface area (Å²) in [6.07, 6.45) is 6.59. The third kappa shape index (κ3) is 3.50. The molecule has 17 heavy (non-hydrogen) atoms. The monoisotopic (exact) mass is 261 g/mol. The summed E-state index contributed by atoms with van der Waals surface area (Å²) in [7, 11) is -3.37. The van der Waals surface area contributed by atoms with E-state index in [0.717, 1.165) is 32.1 Å². The van der Waals surface area contributed by atoms with Gasteiger partial charge in [0.1, 0.15) is 7.67 Å². The first-order valence-corrected chi connectivity index (χ1v) is 7.98. The Labute approximate surface area is 102 Å². The Balaban J connectivity index is 0.000000136. The molecule has 0 aromatic heterocycles. The van der Waals surface area contributed by atoms with E-state index >= 15 is 0 Å². The maximum Gasteiger partial charge on any atom is 0.144 e. The molecule has 0 radical (unpaired) electrons. The van der Waals surface area contributed by atoms with Gasteiger partial charge in [0.15, 0.2) is 0 Å². The Morgan fingerprint density at radius 3 is 1.71 bits per heavy atom. The first kappa shape index (κ1) is 13.5. The molecule has 3 fully saturated rings. The maximum absolute atomic E-state index is 10.8. The van der Waals surface area contributed by atoms with Crippen molar-refractivity contribution in [2.45, 2.75) is 62.7 Å². The van der Waals surface area contributed by atoms with Gasteiger partial charge < -0.3 is 20.9 Å². The van der Waals surface area contributed by atoms with E-state index in [4.69, 9.17) is 11.5 Å². The summed E-state index contributed by atoms with van der Waals surface area (Å²) in [5, 5.41) is 5.16. The van der Waals surface area contributed by atoms with Crippen molar-refractivity contribution in [3.8, 4) is 0 Å². The van der Waals surface area contributed by atoms with Gasteiger partial charge in [-0.2, -0.15) is 0 Å². The number of rotatable bonds is 0. The minimum atomic E-state index is -3.37. The highest BCUT2D eigenvalue weighted by molar-refractivity contribution is 7.52. The largest absolute Gasteiger partial charge is 0.776 e. The van der Waals surface area contributed by atoms with Crippen molar-refractivity contribution in [3.05, 3.63) is 0 Å². The van der Waals surface area contributed by atoms with Crippen molar-refractivity contribution >= 4 is 7.67 Å². The first-order valence-electron chi connectivity index (χ1n) is 6.36. The molecule has 0 aromatic carbocycles. The molecular weight excluding hydrogens is 239 g/mol. The highest BCUT2D eigenvalue weighted by Crippen LogP contribution is 2.39. The molecule has 0 spiro atoms. The van der Waals surface area contributed by atoms with Gasteiger partial charge in [-0.3, -0.25) is 10.2 Å². The van der Waals surface area contributed by atoms with Crippen LogP contribution in [0.15, 0.2) is 0 Å². The van der Waals surface area contributed by atoms with E-state index in [1.54, 1.807) is 0 Å². The van der Waals surface area contributed by atoms with Crippen LogP contribution >= 0.6 is 7.67 Å². The summed E-state index contributed by atoms with van der Waals surface area (Å²) >= 11 is 0. The van der Waals surface area contributed by atoms with E-state index in [9.17, 15) is 9.46 Å². The number of hydrogen-bond acceptors (Lipinski definition) is 4. The molecule has 100 valence electrons. The molecule has 4 unspecified atom stereocenters. The predicted molar refractivity (Wildman–Crippen MR) is 65.1 cm³/mol. The van der Waals surface area contributed by atoms with Gasteiger partial charge in [-0.25, -0.2) is 0 Å². The highest BCUT2D eigenvalue weighted by Gasteiger charge is 2.36. The van der Waals surface area contributed by atoms with Crippen LogP contribution in [-0.4, -0.2) is 24.2 Å². The molecule has 1 heterocycles. The molecule has 7 heteroatoms. The van der Waals surface area contributed by atoms with Crippen molar-refractivity contribution in [1.82, 2.24) is 10.2 Å². The van der Waals surface area contributed by atoms with Gasteiger partial charge in [0, 0.05) is 24.2 Å². The van der Waals surface area contributed by atoms with Gasteiger partial charge in [-0.15, -0.1) is 0 Å². The molecule has 4 atom stereocenters. The van der Waals surface area contributed by atoms with E-state index in [-0.39, 0.29) is 12.1 Å². The van der Waals surface area contributed by atoms with Crippen LogP contribution in [0, 0.1) is 0 Å². The first-order chi connectivity index (χ1) is 7.98. The van der Waals surface area contributed by atoms with Crippen LogP contribution in [0.25, 0.3) is 0 Å². The zero-order chi connectivity index (χ0) is 12.5. The van der Waals surface area contributed by atoms with Gasteiger partial charge in [0.05, 0.1) is 0 Å². The summed E-state index contributed by atoms with van der Waals surface area (Å²) in [6, 6.07) is 0.951. The SMILES string of the molecule is NC1CCCC1N.O=P1([O-])NC2CCCC2N1. The van der Waals surface area contributed by atoms with Crippen LogP contribution in [0.5, 0.6) is 0 Å². The molecule has 1 aliphatic heterocycles. The van der Waals surface area contributed by atoms with Crippen molar-refractivity contribution in [2.24, 2.45) is 11.5 Å². The van der Waals surface area contributed by atoms with Gasteiger partial charge in [-0.05, 0) is 25.7 Å². The lowest BCUT2D eigenvalue weighted by atomic mass is 10.2. The van der Waals surface area contributed by atoms with Crippen LogP contribution in [-0.2, 0) is 4.57 Å². The van der Waals surface area contributed by atoms with Gasteiger partial charge in [-0.1, -0.05) is 12.8 Å². The van der Waals surface area contributed by atoms with Gasteiger partial charge in [0.2, 0.25) is 0 Å². The summed E-state index contributed by atoms with van der Waals surface area (Å²) in [6.45, 7) is 0. The smallest absolute Gasteiger partial charge is 0.144 e. The fourth-order valence-electron chi connectivity index (χ4n) is 2.76. The third-order valence-corrected chi connectivity index (χ3v) is 5.16. The summed E-state index contributed by atoms with van der Waals surface area (Å²) < 4.78 is 10.8. The lowest BCUT2D eigenvalue weighted by molar-refractivity contribution is -0.180. The maximum atomic E-state index is 10.8. The molecule has 2 saturated carbocycles. The van der Waals surface area contributed by atoms with Crippen LogP contribution in [0.4, 0.5) is 0 Å². The summed E-state index contributed by atoms with van der Waals surface area (Å²) in [5.74, 6) is 0. The Kier molecular flexibility index (Phi) is 4.23. The van der Waals surface area contributed by atoms with Crippen molar-refractivity contribution in [3.63, 3.8) is 0 Å². The second kappa shape index (κ2) is 5.34. The van der Waals surface area contributed by atoms with E-state index in [1.165, 1.54) is 6.42 Å². The lowest BCUT2D eigenvalue weighted by Gasteiger charge is -2.18. The molecule has 6 N–H and O–H groups in total. The Bertz CT molecular complexity index is 291. The Hall–Kier alpha value is 0.0300. The Morgan fingerprint density at radius 1 is 0.941 bits per heavy atom. The van der Waals surface area contributed by atoms with Crippen molar-refractivity contribution in [1.29, 1.82) is 0 Å². The second-order valence-corrected chi connectivity index (χ2v) is 6.83. The minimum absolute atomic E-state index is 0.184. The number of hydrogen-bond donors (Lipinski definition) is 4. The lowest BCUT2D eigenvalue weighted by Crippen LogP contribution is -2.35. The van der Waals surface area contributed by atoms with Crippen LogP contribution < -0.4 is 26.5 Å². The molecule has 6 nitrogen and oxygen atoms in total. The normalized spacial score (nSPS) is 48.6. The summed E-state index contributed by atoms with van der Waals surface area (Å²) in [4.78, 5) is 10.8. The summed E-state index contributed by atoms with van der Waals surface area (Å²) in [5.41, 5.74) is 11.1. The van der Waals surface area contributed by atoms with E-state index < -0.39 is 7.67 Å². The quantitative estimate of drug-likeness (QED) is 0.432. The predicted octanol–water partition coefficient (Wildman–Crippen LogP) is -0.606. The zero-order valence-corrected chi connectivity index (χ0v) is 10.9. The molecule has 0 bridgehead atoms. The van der Waals surface area contributed by atoms with E-state index in [0.29, 0.717) is 12.1 Å². The second-order valence-electron chi connectivity index (χ2n) is 5.21. The fourth-order valence-corrected chi connectivity index (χ4v) is 4.33. The van der Waals surface area contributed by atoms with Gasteiger partial charge >= 0.3 is 0 Å². The number of nitrogens with two attached hydrogens (primary N) is 2. The third-order valence-electron chi connectivity index (χ3n) is 3.81. The molecule has 1 saturated heterocycles. The standard InChI is InChI=1S/C5H11N2O2P.C5H12N2/c8-10(9)6-4-2-1-3-5(4)7-10;6-4-2-1-3-5(4)7/h4-5H,1-3H2,(H3,6,7,8,9);4-5H,1-3,6-7H2/p-1.